The lowest BCUT2D eigenvalue weighted by Gasteiger charge is -2.14. The standard InChI is InChI=1S/C15H23NO3/c1-11(2)7-14(17)9-16-15(18)13-6-4-5-12(8-13)10-19-3/h4-6,8,11,14,17H,7,9-10H2,1-3H3,(H,16,18). The minimum atomic E-state index is -0.494. The first-order chi connectivity index (χ1) is 9.02. The van der Waals surface area contributed by atoms with Gasteiger partial charge in [-0.25, -0.2) is 0 Å². The third-order valence-corrected chi connectivity index (χ3v) is 2.74. The number of aliphatic hydroxyl groups is 1. The van der Waals surface area contributed by atoms with Gasteiger partial charge in [-0.3, -0.25) is 4.79 Å². The molecule has 0 heterocycles. The Morgan fingerprint density at radius 1 is 1.42 bits per heavy atom. The first-order valence-electron chi connectivity index (χ1n) is 6.57. The fourth-order valence-electron chi connectivity index (χ4n) is 1.91. The van der Waals surface area contributed by atoms with Crippen molar-refractivity contribution in [3.05, 3.63) is 35.4 Å². The SMILES string of the molecule is COCc1cccc(C(=O)NCC(O)CC(C)C)c1. The molecule has 1 aromatic carbocycles. The first kappa shape index (κ1) is 15.7. The molecule has 0 radical (unpaired) electrons. The largest absolute Gasteiger partial charge is 0.391 e. The van der Waals surface area contributed by atoms with Crippen molar-refractivity contribution in [2.24, 2.45) is 5.92 Å². The molecular weight excluding hydrogens is 242 g/mol. The lowest BCUT2D eigenvalue weighted by atomic mass is 10.1. The number of carbonyl (C=O) groups is 1. The molecular formula is C15H23NO3. The van der Waals surface area contributed by atoms with Crippen molar-refractivity contribution in [1.82, 2.24) is 5.32 Å². The number of ether oxygens (including phenoxy) is 1. The molecule has 0 spiro atoms. The molecule has 1 atom stereocenters. The predicted octanol–water partition coefficient (Wildman–Crippen LogP) is 1.97. The van der Waals surface area contributed by atoms with Gasteiger partial charge in [-0.15, -0.1) is 0 Å². The maximum absolute atomic E-state index is 11.9. The van der Waals surface area contributed by atoms with E-state index in [1.54, 1.807) is 19.2 Å². The van der Waals surface area contributed by atoms with Crippen molar-refractivity contribution in [3.63, 3.8) is 0 Å². The molecule has 4 heteroatoms. The molecule has 0 aromatic heterocycles. The third-order valence-electron chi connectivity index (χ3n) is 2.74. The van der Waals surface area contributed by atoms with Crippen LogP contribution in [0.25, 0.3) is 0 Å². The molecule has 1 rings (SSSR count). The van der Waals surface area contributed by atoms with Crippen LogP contribution in [-0.2, 0) is 11.3 Å². The van der Waals surface area contributed by atoms with Gasteiger partial charge in [0, 0.05) is 19.2 Å². The highest BCUT2D eigenvalue weighted by Crippen LogP contribution is 2.07. The Hall–Kier alpha value is -1.39. The Morgan fingerprint density at radius 2 is 2.16 bits per heavy atom. The van der Waals surface area contributed by atoms with E-state index in [-0.39, 0.29) is 12.5 Å². The molecule has 106 valence electrons. The Bertz CT molecular complexity index is 404. The van der Waals surface area contributed by atoms with Gasteiger partial charge in [0.25, 0.3) is 5.91 Å². The molecule has 1 amide bonds. The summed E-state index contributed by atoms with van der Waals surface area (Å²) in [5.41, 5.74) is 1.55. The Balaban J connectivity index is 2.51. The van der Waals surface area contributed by atoms with E-state index in [0.717, 1.165) is 5.56 Å². The van der Waals surface area contributed by atoms with Gasteiger partial charge in [0.1, 0.15) is 0 Å². The van der Waals surface area contributed by atoms with Crippen LogP contribution in [0.2, 0.25) is 0 Å². The van der Waals surface area contributed by atoms with Crippen LogP contribution >= 0.6 is 0 Å². The highest BCUT2D eigenvalue weighted by molar-refractivity contribution is 5.94. The summed E-state index contributed by atoms with van der Waals surface area (Å²) in [6, 6.07) is 7.29. The number of nitrogens with one attached hydrogen (secondary N) is 1. The van der Waals surface area contributed by atoms with E-state index in [0.29, 0.717) is 24.5 Å². The van der Waals surface area contributed by atoms with E-state index >= 15 is 0 Å². The first-order valence-corrected chi connectivity index (χ1v) is 6.57. The molecule has 0 aliphatic heterocycles. The van der Waals surface area contributed by atoms with Crippen LogP contribution in [0.3, 0.4) is 0 Å². The average Bonchev–Trinajstić information content (AvgIpc) is 2.36. The van der Waals surface area contributed by atoms with E-state index in [2.05, 4.69) is 5.32 Å². The van der Waals surface area contributed by atoms with Gasteiger partial charge in [0.05, 0.1) is 12.7 Å². The second-order valence-corrected chi connectivity index (χ2v) is 5.13. The number of rotatable bonds is 7. The number of hydrogen-bond acceptors (Lipinski definition) is 3. The van der Waals surface area contributed by atoms with Crippen LogP contribution in [0.5, 0.6) is 0 Å². The van der Waals surface area contributed by atoms with Gasteiger partial charge in [0.15, 0.2) is 0 Å². The van der Waals surface area contributed by atoms with Gasteiger partial charge in [-0.1, -0.05) is 26.0 Å². The van der Waals surface area contributed by atoms with Crippen LogP contribution < -0.4 is 5.32 Å². The zero-order chi connectivity index (χ0) is 14.3. The smallest absolute Gasteiger partial charge is 0.251 e. The summed E-state index contributed by atoms with van der Waals surface area (Å²) < 4.78 is 5.03. The van der Waals surface area contributed by atoms with Gasteiger partial charge < -0.3 is 15.2 Å². The summed E-state index contributed by atoms with van der Waals surface area (Å²) in [5, 5.41) is 12.5. The van der Waals surface area contributed by atoms with E-state index in [1.807, 2.05) is 26.0 Å². The number of carbonyl (C=O) groups excluding carboxylic acids is 1. The molecule has 0 fully saturated rings. The molecule has 0 aliphatic rings. The topological polar surface area (TPSA) is 58.6 Å². The van der Waals surface area contributed by atoms with E-state index < -0.39 is 6.10 Å². The van der Waals surface area contributed by atoms with Crippen molar-refractivity contribution >= 4 is 5.91 Å². The molecule has 1 aromatic rings. The lowest BCUT2D eigenvalue weighted by Crippen LogP contribution is -2.32. The summed E-state index contributed by atoms with van der Waals surface area (Å²) in [4.78, 5) is 11.9. The average molecular weight is 265 g/mol. The van der Waals surface area contributed by atoms with Crippen LogP contribution in [0.1, 0.15) is 36.2 Å². The van der Waals surface area contributed by atoms with Crippen molar-refractivity contribution in [2.45, 2.75) is 33.0 Å². The fourth-order valence-corrected chi connectivity index (χ4v) is 1.91. The number of methoxy groups -OCH3 is 1. The van der Waals surface area contributed by atoms with E-state index in [9.17, 15) is 9.90 Å². The van der Waals surface area contributed by atoms with Crippen LogP contribution in [0.15, 0.2) is 24.3 Å². The highest BCUT2D eigenvalue weighted by atomic mass is 16.5. The summed E-state index contributed by atoms with van der Waals surface area (Å²) in [6.07, 6.45) is 0.190. The quantitative estimate of drug-likeness (QED) is 0.792. The molecule has 2 N–H and O–H groups in total. The second kappa shape index (κ2) is 7.92. The van der Waals surface area contributed by atoms with Crippen molar-refractivity contribution in [3.8, 4) is 0 Å². The van der Waals surface area contributed by atoms with E-state index in [1.165, 1.54) is 0 Å². The van der Waals surface area contributed by atoms with Gasteiger partial charge in [-0.2, -0.15) is 0 Å². The number of amides is 1. The number of benzene rings is 1. The van der Waals surface area contributed by atoms with Crippen LogP contribution in [0.4, 0.5) is 0 Å². The summed E-state index contributed by atoms with van der Waals surface area (Å²) in [6.45, 7) is 4.85. The summed E-state index contributed by atoms with van der Waals surface area (Å²) >= 11 is 0. The Kier molecular flexibility index (Phi) is 6.53. The molecule has 0 saturated heterocycles. The van der Waals surface area contributed by atoms with Crippen molar-refractivity contribution in [2.75, 3.05) is 13.7 Å². The maximum Gasteiger partial charge on any atom is 0.251 e. The lowest BCUT2D eigenvalue weighted by molar-refractivity contribution is 0.0900. The zero-order valence-electron chi connectivity index (χ0n) is 11.8. The molecule has 1 unspecified atom stereocenters. The molecule has 0 bridgehead atoms. The third kappa shape index (κ3) is 5.85. The summed E-state index contributed by atoms with van der Waals surface area (Å²) in [7, 11) is 1.62. The number of aliphatic hydroxyl groups excluding tert-OH is 1. The van der Waals surface area contributed by atoms with Crippen molar-refractivity contribution < 1.29 is 14.6 Å². The predicted molar refractivity (Wildman–Crippen MR) is 75.0 cm³/mol. The monoisotopic (exact) mass is 265 g/mol. The fraction of sp³-hybridized carbons (Fsp3) is 0.533. The number of hydrogen-bond donors (Lipinski definition) is 2. The van der Waals surface area contributed by atoms with E-state index in [4.69, 9.17) is 4.74 Å². The molecule has 0 aliphatic carbocycles. The van der Waals surface area contributed by atoms with Crippen LogP contribution in [-0.4, -0.2) is 30.8 Å². The zero-order valence-corrected chi connectivity index (χ0v) is 11.8. The molecule has 19 heavy (non-hydrogen) atoms. The van der Waals surface area contributed by atoms with Crippen molar-refractivity contribution in [1.29, 1.82) is 0 Å². The maximum atomic E-state index is 11.9. The summed E-state index contributed by atoms with van der Waals surface area (Å²) in [5.74, 6) is 0.248. The Labute approximate surface area is 114 Å². The normalized spacial score (nSPS) is 12.5. The Morgan fingerprint density at radius 3 is 2.79 bits per heavy atom. The minimum Gasteiger partial charge on any atom is -0.391 e. The molecule has 0 saturated carbocycles. The van der Waals surface area contributed by atoms with Gasteiger partial charge in [0.2, 0.25) is 0 Å². The van der Waals surface area contributed by atoms with Gasteiger partial charge in [-0.05, 0) is 30.0 Å². The second-order valence-electron chi connectivity index (χ2n) is 5.13. The minimum absolute atomic E-state index is 0.166. The highest BCUT2D eigenvalue weighted by Gasteiger charge is 2.10. The van der Waals surface area contributed by atoms with Crippen LogP contribution in [0, 0.1) is 5.92 Å². The van der Waals surface area contributed by atoms with Gasteiger partial charge >= 0.3 is 0 Å². The molecule has 4 nitrogen and oxygen atoms in total.